The molecule has 30 heavy (non-hydrogen) atoms. The number of sulfone groups is 1. The summed E-state index contributed by atoms with van der Waals surface area (Å²) in [5, 5.41) is 3.19. The Bertz CT molecular complexity index is 1190. The van der Waals surface area contributed by atoms with E-state index in [1.807, 2.05) is 0 Å². The van der Waals surface area contributed by atoms with E-state index in [2.05, 4.69) is 5.32 Å². The first kappa shape index (κ1) is 22.0. The maximum atomic E-state index is 12.9. The minimum atomic E-state index is -3.60. The van der Waals surface area contributed by atoms with Crippen LogP contribution in [0.2, 0.25) is 10.0 Å². The molecule has 0 saturated carbocycles. The minimum Gasteiger partial charge on any atom is -0.325 e. The average Bonchev–Trinajstić information content (AvgIpc) is 2.74. The third-order valence-corrected chi connectivity index (χ3v) is 6.62. The molecule has 0 spiro atoms. The highest BCUT2D eigenvalue weighted by Gasteiger charge is 2.20. The summed E-state index contributed by atoms with van der Waals surface area (Å²) >= 11 is 12.2. The monoisotopic (exact) mass is 461 g/mol. The first-order valence-electron chi connectivity index (χ1n) is 8.94. The molecular weight excluding hydrogens is 445 g/mol. The molecule has 0 saturated heterocycles. The summed E-state index contributed by atoms with van der Waals surface area (Å²) < 4.78 is 24.7. The van der Waals surface area contributed by atoms with E-state index in [9.17, 15) is 18.0 Å². The SMILES string of the molecule is O=C(CCS(=O)(=O)c1ccccc1)Nc1ccc(Cl)cc1C(=O)c1ccccc1Cl. The lowest BCUT2D eigenvalue weighted by Gasteiger charge is -2.12. The Labute approximate surface area is 184 Å². The van der Waals surface area contributed by atoms with Crippen molar-refractivity contribution < 1.29 is 18.0 Å². The van der Waals surface area contributed by atoms with E-state index in [0.717, 1.165) is 0 Å². The van der Waals surface area contributed by atoms with Gasteiger partial charge in [-0.2, -0.15) is 0 Å². The van der Waals surface area contributed by atoms with E-state index in [0.29, 0.717) is 5.02 Å². The fraction of sp³-hybridized carbons (Fsp3) is 0.0909. The highest BCUT2D eigenvalue weighted by molar-refractivity contribution is 7.91. The normalized spacial score (nSPS) is 11.1. The van der Waals surface area contributed by atoms with Crippen molar-refractivity contribution in [2.45, 2.75) is 11.3 Å². The van der Waals surface area contributed by atoms with E-state index < -0.39 is 21.5 Å². The molecule has 0 fully saturated rings. The Hall–Kier alpha value is -2.67. The van der Waals surface area contributed by atoms with Crippen LogP contribution in [0.15, 0.2) is 77.7 Å². The Morgan fingerprint density at radius 1 is 0.833 bits per heavy atom. The first-order valence-corrected chi connectivity index (χ1v) is 11.4. The van der Waals surface area contributed by atoms with Crippen LogP contribution >= 0.6 is 23.2 Å². The zero-order valence-electron chi connectivity index (χ0n) is 15.6. The van der Waals surface area contributed by atoms with E-state index in [-0.39, 0.29) is 38.9 Å². The van der Waals surface area contributed by atoms with Crippen LogP contribution in [0.1, 0.15) is 22.3 Å². The lowest BCUT2D eigenvalue weighted by Crippen LogP contribution is -2.19. The summed E-state index contributed by atoms with van der Waals surface area (Å²) in [6, 6.07) is 18.9. The Morgan fingerprint density at radius 2 is 1.50 bits per heavy atom. The van der Waals surface area contributed by atoms with Gasteiger partial charge in [-0.25, -0.2) is 8.42 Å². The molecule has 0 aliphatic rings. The van der Waals surface area contributed by atoms with Gasteiger partial charge in [-0.15, -0.1) is 0 Å². The standard InChI is InChI=1S/C22H17Cl2NO4S/c23-15-10-11-20(18(14-15)22(27)17-8-4-5-9-19(17)24)25-21(26)12-13-30(28,29)16-6-2-1-3-7-16/h1-11,14H,12-13H2,(H,25,26). The second-order valence-corrected chi connectivity index (χ2v) is 9.38. The number of carbonyl (C=O) groups is 2. The number of amides is 1. The lowest BCUT2D eigenvalue weighted by molar-refractivity contribution is -0.115. The highest BCUT2D eigenvalue weighted by Crippen LogP contribution is 2.27. The Balaban J connectivity index is 1.78. The van der Waals surface area contributed by atoms with Crippen molar-refractivity contribution in [1.82, 2.24) is 0 Å². The van der Waals surface area contributed by atoms with Gasteiger partial charge in [-0.1, -0.05) is 53.5 Å². The van der Waals surface area contributed by atoms with Gasteiger partial charge in [0.05, 0.1) is 21.4 Å². The summed E-state index contributed by atoms with van der Waals surface area (Å²) in [6.07, 6.45) is -0.264. The number of halogens is 2. The quantitative estimate of drug-likeness (QED) is 0.500. The third-order valence-electron chi connectivity index (χ3n) is 4.32. The molecule has 0 aliphatic heterocycles. The molecule has 8 heteroatoms. The van der Waals surface area contributed by atoms with Crippen LogP contribution in [0.25, 0.3) is 0 Å². The number of rotatable bonds is 7. The van der Waals surface area contributed by atoms with Gasteiger partial charge in [-0.05, 0) is 42.5 Å². The zero-order valence-corrected chi connectivity index (χ0v) is 18.0. The fourth-order valence-corrected chi connectivity index (χ4v) is 4.44. The second-order valence-electron chi connectivity index (χ2n) is 6.43. The van der Waals surface area contributed by atoms with E-state index in [4.69, 9.17) is 23.2 Å². The van der Waals surface area contributed by atoms with Crippen molar-refractivity contribution in [1.29, 1.82) is 0 Å². The van der Waals surface area contributed by atoms with Gasteiger partial charge in [-0.3, -0.25) is 9.59 Å². The summed E-state index contributed by atoms with van der Waals surface area (Å²) in [5.41, 5.74) is 0.657. The molecule has 3 aromatic carbocycles. The first-order chi connectivity index (χ1) is 14.3. The van der Waals surface area contributed by atoms with Gasteiger partial charge in [0.25, 0.3) is 0 Å². The fourth-order valence-electron chi connectivity index (χ4n) is 2.79. The van der Waals surface area contributed by atoms with Crippen molar-refractivity contribution in [2.75, 3.05) is 11.1 Å². The van der Waals surface area contributed by atoms with Crippen molar-refractivity contribution in [3.8, 4) is 0 Å². The minimum absolute atomic E-state index is 0.152. The molecule has 0 aliphatic carbocycles. The van der Waals surface area contributed by atoms with Gasteiger partial charge >= 0.3 is 0 Å². The van der Waals surface area contributed by atoms with E-state index >= 15 is 0 Å². The number of ketones is 1. The molecule has 1 N–H and O–H groups in total. The van der Waals surface area contributed by atoms with Crippen molar-refractivity contribution in [3.63, 3.8) is 0 Å². The van der Waals surface area contributed by atoms with Crippen LogP contribution in [-0.2, 0) is 14.6 Å². The molecule has 1 amide bonds. The molecule has 0 bridgehead atoms. The maximum absolute atomic E-state index is 12.9. The maximum Gasteiger partial charge on any atom is 0.225 e. The van der Waals surface area contributed by atoms with Crippen molar-refractivity contribution in [3.05, 3.63) is 94.0 Å². The number of anilines is 1. The van der Waals surface area contributed by atoms with Gasteiger partial charge < -0.3 is 5.32 Å². The van der Waals surface area contributed by atoms with Crippen molar-refractivity contribution >= 4 is 50.4 Å². The number of nitrogens with one attached hydrogen (secondary N) is 1. The van der Waals surface area contributed by atoms with Crippen LogP contribution in [0.5, 0.6) is 0 Å². The molecule has 5 nitrogen and oxygen atoms in total. The zero-order chi connectivity index (χ0) is 21.7. The van der Waals surface area contributed by atoms with Gasteiger partial charge in [0.1, 0.15) is 0 Å². The molecule has 0 atom stereocenters. The topological polar surface area (TPSA) is 80.3 Å². The van der Waals surface area contributed by atoms with Crippen LogP contribution in [0.3, 0.4) is 0 Å². The second kappa shape index (κ2) is 9.43. The predicted octanol–water partition coefficient (Wildman–Crippen LogP) is 5.03. The summed E-state index contributed by atoms with van der Waals surface area (Å²) in [6.45, 7) is 0. The molecule has 154 valence electrons. The molecule has 0 unspecified atom stereocenters. The molecule has 3 aromatic rings. The van der Waals surface area contributed by atoms with Crippen LogP contribution in [-0.4, -0.2) is 25.9 Å². The van der Waals surface area contributed by atoms with Crippen molar-refractivity contribution in [2.24, 2.45) is 0 Å². The number of carbonyl (C=O) groups excluding carboxylic acids is 2. The Morgan fingerprint density at radius 3 is 2.20 bits per heavy atom. The number of hydrogen-bond acceptors (Lipinski definition) is 4. The Kier molecular flexibility index (Phi) is 6.92. The van der Waals surface area contributed by atoms with E-state index in [1.54, 1.807) is 42.5 Å². The smallest absolute Gasteiger partial charge is 0.225 e. The highest BCUT2D eigenvalue weighted by atomic mass is 35.5. The van der Waals surface area contributed by atoms with Gasteiger partial charge in [0.2, 0.25) is 5.91 Å². The summed E-state index contributed by atoms with van der Waals surface area (Å²) in [5.74, 6) is -1.30. The average molecular weight is 462 g/mol. The largest absolute Gasteiger partial charge is 0.325 e. The van der Waals surface area contributed by atoms with Crippen LogP contribution in [0, 0.1) is 0 Å². The predicted molar refractivity (Wildman–Crippen MR) is 118 cm³/mol. The molecule has 0 heterocycles. The van der Waals surface area contributed by atoms with Gasteiger partial charge in [0, 0.05) is 22.6 Å². The molecule has 3 rings (SSSR count). The van der Waals surface area contributed by atoms with Crippen LogP contribution in [0.4, 0.5) is 5.69 Å². The third kappa shape index (κ3) is 5.27. The molecular formula is C22H17Cl2NO4S. The number of hydrogen-bond donors (Lipinski definition) is 1. The molecule has 0 radical (unpaired) electrons. The number of benzene rings is 3. The summed E-state index contributed by atoms with van der Waals surface area (Å²) in [4.78, 5) is 25.5. The molecule has 0 aromatic heterocycles. The van der Waals surface area contributed by atoms with Crippen LogP contribution < -0.4 is 5.32 Å². The van der Waals surface area contributed by atoms with Gasteiger partial charge in [0.15, 0.2) is 15.6 Å². The van der Waals surface area contributed by atoms with E-state index in [1.165, 1.54) is 30.3 Å². The summed E-state index contributed by atoms with van der Waals surface area (Å²) in [7, 11) is -3.60. The lowest BCUT2D eigenvalue weighted by atomic mass is 10.0.